The highest BCUT2D eigenvalue weighted by atomic mass is 19.4. The first-order chi connectivity index (χ1) is 5.87. The maximum atomic E-state index is 12.4. The van der Waals surface area contributed by atoms with Crippen molar-refractivity contribution in [1.29, 1.82) is 0 Å². The Bertz CT molecular complexity index is 265. The Morgan fingerprint density at radius 1 is 1.54 bits per heavy atom. The van der Waals surface area contributed by atoms with E-state index in [2.05, 4.69) is 0 Å². The summed E-state index contributed by atoms with van der Waals surface area (Å²) >= 11 is 0. The summed E-state index contributed by atoms with van der Waals surface area (Å²) in [6.45, 7) is -0.0919. The summed E-state index contributed by atoms with van der Waals surface area (Å²) in [5.74, 6) is -0.417. The van der Waals surface area contributed by atoms with Gasteiger partial charge >= 0.3 is 12.2 Å². The molecule has 2 fully saturated rings. The molecular formula is C7H9F3N2O. The van der Waals surface area contributed by atoms with E-state index in [-0.39, 0.29) is 19.5 Å². The lowest BCUT2D eigenvalue weighted by atomic mass is 10.1. The van der Waals surface area contributed by atoms with Crippen LogP contribution in [0.15, 0.2) is 0 Å². The van der Waals surface area contributed by atoms with E-state index in [0.29, 0.717) is 0 Å². The minimum atomic E-state index is -4.19. The van der Waals surface area contributed by atoms with Crippen LogP contribution in [0.25, 0.3) is 0 Å². The normalized spacial score (nSPS) is 37.5. The van der Waals surface area contributed by atoms with Gasteiger partial charge in [0.1, 0.15) is 0 Å². The van der Waals surface area contributed by atoms with Crippen LogP contribution in [0.5, 0.6) is 0 Å². The number of fused-ring (bicyclic) bond motifs is 1. The third-order valence-corrected chi connectivity index (χ3v) is 3.02. The van der Waals surface area contributed by atoms with E-state index in [1.165, 1.54) is 0 Å². The van der Waals surface area contributed by atoms with Crippen molar-refractivity contribution in [3.63, 3.8) is 0 Å². The summed E-state index contributed by atoms with van der Waals surface area (Å²) < 4.78 is 37.3. The second kappa shape index (κ2) is 2.10. The Labute approximate surface area is 72.7 Å². The predicted molar refractivity (Wildman–Crippen MR) is 37.8 cm³/mol. The van der Waals surface area contributed by atoms with Crippen molar-refractivity contribution in [3.05, 3.63) is 0 Å². The highest BCUT2D eigenvalue weighted by Crippen LogP contribution is 2.65. The van der Waals surface area contributed by atoms with Gasteiger partial charge in [0.05, 0.1) is 5.41 Å². The molecule has 2 rings (SSSR count). The number of nitrogens with zero attached hydrogens (tertiary/aromatic N) is 1. The second-order valence-electron chi connectivity index (χ2n) is 3.77. The standard InChI is InChI=1S/C7H9F3N2O/c8-7(9,10)6-1-4(6)2-12(3-6)5(11)13/h4H,1-3H2,(H2,11,13). The highest BCUT2D eigenvalue weighted by Gasteiger charge is 2.74. The zero-order valence-corrected chi connectivity index (χ0v) is 6.77. The van der Waals surface area contributed by atoms with Crippen molar-refractivity contribution in [3.8, 4) is 0 Å². The summed E-state index contributed by atoms with van der Waals surface area (Å²) in [6, 6.07) is -0.754. The number of carbonyl (C=O) groups excluding carboxylic acids is 1. The first-order valence-electron chi connectivity index (χ1n) is 3.98. The quantitative estimate of drug-likeness (QED) is 0.613. The van der Waals surface area contributed by atoms with Gasteiger partial charge in [-0.15, -0.1) is 0 Å². The van der Waals surface area contributed by atoms with Gasteiger partial charge in [0.15, 0.2) is 0 Å². The average molecular weight is 194 g/mol. The molecular weight excluding hydrogens is 185 g/mol. The maximum Gasteiger partial charge on any atom is 0.396 e. The van der Waals surface area contributed by atoms with E-state index in [9.17, 15) is 18.0 Å². The SMILES string of the molecule is NC(=O)N1CC2CC2(C(F)(F)F)C1. The zero-order valence-electron chi connectivity index (χ0n) is 6.77. The minimum Gasteiger partial charge on any atom is -0.351 e. The van der Waals surface area contributed by atoms with E-state index in [1.807, 2.05) is 0 Å². The fraction of sp³-hybridized carbons (Fsp3) is 0.857. The van der Waals surface area contributed by atoms with Gasteiger partial charge in [0.25, 0.3) is 0 Å². The van der Waals surface area contributed by atoms with Gasteiger partial charge in [-0.05, 0) is 12.3 Å². The Hall–Kier alpha value is -0.940. The molecule has 0 radical (unpaired) electrons. The number of hydrogen-bond donors (Lipinski definition) is 1. The van der Waals surface area contributed by atoms with Crippen molar-refractivity contribution in [2.45, 2.75) is 12.6 Å². The summed E-state index contributed by atoms with van der Waals surface area (Å²) in [5.41, 5.74) is 3.28. The third-order valence-electron chi connectivity index (χ3n) is 3.02. The predicted octanol–water partition coefficient (Wildman–Crippen LogP) is 0.949. The monoisotopic (exact) mass is 194 g/mol. The molecule has 1 saturated carbocycles. The van der Waals surface area contributed by atoms with Gasteiger partial charge in [0.2, 0.25) is 0 Å². The van der Waals surface area contributed by atoms with Crippen LogP contribution in [0, 0.1) is 11.3 Å². The molecule has 74 valence electrons. The van der Waals surface area contributed by atoms with Crippen LogP contribution in [0.3, 0.4) is 0 Å². The van der Waals surface area contributed by atoms with Gasteiger partial charge in [-0.3, -0.25) is 0 Å². The Balaban J connectivity index is 2.12. The average Bonchev–Trinajstić information content (AvgIpc) is 2.54. The van der Waals surface area contributed by atoms with Gasteiger partial charge < -0.3 is 10.6 Å². The molecule has 0 spiro atoms. The molecule has 2 unspecified atom stereocenters. The summed E-state index contributed by atoms with van der Waals surface area (Å²) in [4.78, 5) is 11.7. The zero-order chi connectivity index (χ0) is 9.85. The molecule has 0 aromatic rings. The van der Waals surface area contributed by atoms with Crippen LogP contribution in [0.1, 0.15) is 6.42 Å². The van der Waals surface area contributed by atoms with E-state index < -0.39 is 23.5 Å². The second-order valence-corrected chi connectivity index (χ2v) is 3.77. The van der Waals surface area contributed by atoms with Crippen LogP contribution in [-0.2, 0) is 0 Å². The first kappa shape index (κ1) is 8.65. The lowest BCUT2D eigenvalue weighted by Crippen LogP contribution is -2.39. The van der Waals surface area contributed by atoms with Crippen LogP contribution in [0.2, 0.25) is 0 Å². The molecule has 2 N–H and O–H groups in total. The molecule has 2 aliphatic rings. The van der Waals surface area contributed by atoms with Crippen LogP contribution >= 0.6 is 0 Å². The summed E-state index contributed by atoms with van der Waals surface area (Å²) in [6.07, 6.45) is -4.04. The van der Waals surface area contributed by atoms with Gasteiger partial charge in [0, 0.05) is 13.1 Å². The van der Waals surface area contributed by atoms with Gasteiger partial charge in [-0.25, -0.2) is 4.79 Å². The fourth-order valence-corrected chi connectivity index (χ4v) is 2.09. The van der Waals surface area contributed by atoms with Crippen molar-refractivity contribution < 1.29 is 18.0 Å². The fourth-order valence-electron chi connectivity index (χ4n) is 2.09. The Morgan fingerprint density at radius 3 is 2.46 bits per heavy atom. The molecule has 1 aliphatic carbocycles. The van der Waals surface area contributed by atoms with Crippen molar-refractivity contribution in [2.24, 2.45) is 17.1 Å². The number of primary amides is 1. The number of halogens is 3. The van der Waals surface area contributed by atoms with Crippen LogP contribution in [0.4, 0.5) is 18.0 Å². The maximum absolute atomic E-state index is 12.4. The number of rotatable bonds is 0. The lowest BCUT2D eigenvalue weighted by Gasteiger charge is -2.20. The van der Waals surface area contributed by atoms with Crippen LogP contribution in [-0.4, -0.2) is 30.2 Å². The number of nitrogens with two attached hydrogens (primary N) is 1. The summed E-state index contributed by atoms with van der Waals surface area (Å²) in [5, 5.41) is 0. The molecule has 3 nitrogen and oxygen atoms in total. The molecule has 2 amide bonds. The Kier molecular flexibility index (Phi) is 1.40. The van der Waals surface area contributed by atoms with Crippen molar-refractivity contribution in [1.82, 2.24) is 4.90 Å². The smallest absolute Gasteiger partial charge is 0.351 e. The first-order valence-corrected chi connectivity index (χ1v) is 3.98. The van der Waals surface area contributed by atoms with Crippen molar-refractivity contribution >= 4 is 6.03 Å². The number of amides is 2. The third kappa shape index (κ3) is 1.00. The molecule has 1 heterocycles. The number of carbonyl (C=O) groups is 1. The van der Waals surface area contributed by atoms with E-state index in [0.717, 1.165) is 4.90 Å². The number of likely N-dealkylation sites (tertiary alicyclic amines) is 1. The van der Waals surface area contributed by atoms with E-state index in [1.54, 1.807) is 0 Å². The minimum absolute atomic E-state index is 0.153. The van der Waals surface area contributed by atoms with Gasteiger partial charge in [-0.1, -0.05) is 0 Å². The van der Waals surface area contributed by atoms with E-state index in [4.69, 9.17) is 5.73 Å². The topological polar surface area (TPSA) is 46.3 Å². The summed E-state index contributed by atoms with van der Waals surface area (Å²) in [7, 11) is 0. The van der Waals surface area contributed by atoms with E-state index >= 15 is 0 Å². The van der Waals surface area contributed by atoms with Crippen LogP contribution < -0.4 is 5.73 Å². The molecule has 0 aromatic heterocycles. The number of hydrogen-bond acceptors (Lipinski definition) is 1. The molecule has 2 atom stereocenters. The van der Waals surface area contributed by atoms with Gasteiger partial charge in [-0.2, -0.15) is 13.2 Å². The molecule has 0 aromatic carbocycles. The largest absolute Gasteiger partial charge is 0.396 e. The molecule has 1 aliphatic heterocycles. The molecule has 0 bridgehead atoms. The highest BCUT2D eigenvalue weighted by molar-refractivity contribution is 5.72. The molecule has 6 heteroatoms. The lowest BCUT2D eigenvalue weighted by molar-refractivity contribution is -0.187. The molecule has 13 heavy (non-hydrogen) atoms. The number of piperidine rings is 1. The Morgan fingerprint density at radius 2 is 2.15 bits per heavy atom. The number of alkyl halides is 3. The molecule has 1 saturated heterocycles. The number of urea groups is 1. The van der Waals surface area contributed by atoms with Crippen molar-refractivity contribution in [2.75, 3.05) is 13.1 Å².